The molecule has 1 saturated carbocycles. The van der Waals surface area contributed by atoms with Crippen molar-refractivity contribution in [3.05, 3.63) is 57.5 Å². The molecule has 0 saturated heterocycles. The molecule has 1 unspecified atom stereocenters. The SMILES string of the molecule is Cn1c(=O)sc2cc(CCCC(C)(CCNC3CCCCC3)c3ccc[nH]3)ccc21. The first kappa shape index (κ1) is 21.4. The molecule has 5 heteroatoms. The van der Waals surface area contributed by atoms with Crippen LogP contribution < -0.4 is 10.2 Å². The molecule has 0 amide bonds. The van der Waals surface area contributed by atoms with Gasteiger partial charge in [0.2, 0.25) is 0 Å². The number of H-pyrrole nitrogens is 1. The van der Waals surface area contributed by atoms with Gasteiger partial charge in [0.25, 0.3) is 0 Å². The van der Waals surface area contributed by atoms with E-state index < -0.39 is 0 Å². The van der Waals surface area contributed by atoms with Crippen LogP contribution in [0.1, 0.15) is 69.5 Å². The first-order chi connectivity index (χ1) is 14.5. The molecule has 1 aliphatic rings. The maximum absolute atomic E-state index is 11.9. The van der Waals surface area contributed by atoms with Crippen LogP contribution in [-0.2, 0) is 18.9 Å². The lowest BCUT2D eigenvalue weighted by molar-refractivity contribution is 0.329. The van der Waals surface area contributed by atoms with Crippen molar-refractivity contribution >= 4 is 21.6 Å². The van der Waals surface area contributed by atoms with Crippen molar-refractivity contribution in [1.29, 1.82) is 0 Å². The minimum Gasteiger partial charge on any atom is -0.365 e. The summed E-state index contributed by atoms with van der Waals surface area (Å²) in [6.45, 7) is 3.50. The van der Waals surface area contributed by atoms with Gasteiger partial charge in [-0.3, -0.25) is 4.79 Å². The van der Waals surface area contributed by atoms with Crippen molar-refractivity contribution in [2.75, 3.05) is 6.54 Å². The lowest BCUT2D eigenvalue weighted by Gasteiger charge is -2.31. The molecule has 1 fully saturated rings. The Labute approximate surface area is 183 Å². The molecule has 0 bridgehead atoms. The van der Waals surface area contributed by atoms with Crippen molar-refractivity contribution < 1.29 is 0 Å². The van der Waals surface area contributed by atoms with Crippen LogP contribution in [-0.4, -0.2) is 22.1 Å². The maximum Gasteiger partial charge on any atom is 0.307 e. The summed E-state index contributed by atoms with van der Waals surface area (Å²) < 4.78 is 2.84. The highest BCUT2D eigenvalue weighted by Crippen LogP contribution is 2.32. The molecular weight excluding hydrogens is 390 g/mol. The molecule has 4 rings (SSSR count). The number of rotatable bonds is 9. The number of nitrogens with zero attached hydrogens (tertiary/aromatic N) is 1. The third kappa shape index (κ3) is 4.89. The van der Waals surface area contributed by atoms with E-state index >= 15 is 0 Å². The average Bonchev–Trinajstić information content (AvgIpc) is 3.38. The van der Waals surface area contributed by atoms with Gasteiger partial charge in [0, 0.05) is 30.4 Å². The van der Waals surface area contributed by atoms with E-state index in [4.69, 9.17) is 0 Å². The van der Waals surface area contributed by atoms with Crippen molar-refractivity contribution in [2.24, 2.45) is 7.05 Å². The molecular formula is C25H35N3OS. The van der Waals surface area contributed by atoms with Crippen molar-refractivity contribution in [1.82, 2.24) is 14.9 Å². The molecule has 162 valence electrons. The highest BCUT2D eigenvalue weighted by molar-refractivity contribution is 7.16. The van der Waals surface area contributed by atoms with Gasteiger partial charge in [0.05, 0.1) is 10.2 Å². The zero-order valence-corrected chi connectivity index (χ0v) is 19.2. The van der Waals surface area contributed by atoms with E-state index in [1.165, 1.54) is 54.7 Å². The Morgan fingerprint density at radius 2 is 2.03 bits per heavy atom. The smallest absolute Gasteiger partial charge is 0.307 e. The summed E-state index contributed by atoms with van der Waals surface area (Å²) in [7, 11) is 1.85. The number of fused-ring (bicyclic) bond motifs is 1. The van der Waals surface area contributed by atoms with Crippen LogP contribution in [0.5, 0.6) is 0 Å². The molecule has 1 aromatic carbocycles. The van der Waals surface area contributed by atoms with Gasteiger partial charge in [0.1, 0.15) is 0 Å². The van der Waals surface area contributed by atoms with Gasteiger partial charge >= 0.3 is 4.87 Å². The Hall–Kier alpha value is -1.85. The zero-order valence-electron chi connectivity index (χ0n) is 18.4. The number of hydrogen-bond donors (Lipinski definition) is 2. The normalized spacial score (nSPS) is 17.4. The summed E-state index contributed by atoms with van der Waals surface area (Å²) >= 11 is 1.35. The molecule has 3 aromatic rings. The van der Waals surface area contributed by atoms with E-state index in [1.807, 2.05) is 13.2 Å². The zero-order chi connectivity index (χ0) is 21.0. The fourth-order valence-electron chi connectivity index (χ4n) is 4.98. The Morgan fingerprint density at radius 1 is 1.20 bits per heavy atom. The molecule has 0 radical (unpaired) electrons. The minimum absolute atomic E-state index is 0.118. The number of thiazole rings is 1. The molecule has 1 atom stereocenters. The van der Waals surface area contributed by atoms with Gasteiger partial charge in [0.15, 0.2) is 0 Å². The highest BCUT2D eigenvalue weighted by atomic mass is 32.1. The molecule has 0 aliphatic heterocycles. The van der Waals surface area contributed by atoms with E-state index in [9.17, 15) is 4.79 Å². The summed E-state index contributed by atoms with van der Waals surface area (Å²) in [5.74, 6) is 0. The van der Waals surface area contributed by atoms with Crippen molar-refractivity contribution in [3.63, 3.8) is 0 Å². The second-order valence-corrected chi connectivity index (χ2v) is 10.3. The van der Waals surface area contributed by atoms with Crippen LogP contribution in [0.25, 0.3) is 10.2 Å². The topological polar surface area (TPSA) is 49.8 Å². The molecule has 2 N–H and O–H groups in total. The second-order valence-electron chi connectivity index (χ2n) is 9.27. The molecule has 2 aromatic heterocycles. The molecule has 4 nitrogen and oxygen atoms in total. The largest absolute Gasteiger partial charge is 0.365 e. The Morgan fingerprint density at radius 3 is 2.80 bits per heavy atom. The van der Waals surface area contributed by atoms with Gasteiger partial charge < -0.3 is 14.9 Å². The van der Waals surface area contributed by atoms with Crippen LogP contribution >= 0.6 is 11.3 Å². The molecule has 30 heavy (non-hydrogen) atoms. The first-order valence-electron chi connectivity index (χ1n) is 11.5. The fourth-order valence-corrected chi connectivity index (χ4v) is 5.92. The second kappa shape index (κ2) is 9.52. The maximum atomic E-state index is 11.9. The van der Waals surface area contributed by atoms with Gasteiger partial charge in [-0.1, -0.05) is 43.6 Å². The lowest BCUT2D eigenvalue weighted by Crippen LogP contribution is -2.35. The number of aryl methyl sites for hydroxylation is 2. The molecule has 1 aliphatic carbocycles. The van der Waals surface area contributed by atoms with E-state index in [0.717, 1.165) is 48.5 Å². The standard InChI is InChI=1S/C25H35N3OS/c1-25(23-11-7-16-27-23,15-17-26-20-9-4-3-5-10-20)14-6-8-19-12-13-21-22(18-19)30-24(29)28(21)2/h7,11-13,16,18,20,26-27H,3-6,8-10,14-15,17H2,1-2H3. The summed E-state index contributed by atoms with van der Waals surface area (Å²) in [5, 5.41) is 3.83. The van der Waals surface area contributed by atoms with Crippen LogP contribution in [0.4, 0.5) is 0 Å². The average molecular weight is 426 g/mol. The monoisotopic (exact) mass is 425 g/mol. The summed E-state index contributed by atoms with van der Waals surface area (Å²) in [6, 6.07) is 11.6. The first-order valence-corrected chi connectivity index (χ1v) is 12.3. The third-order valence-electron chi connectivity index (χ3n) is 7.01. The molecule has 2 heterocycles. The van der Waals surface area contributed by atoms with Gasteiger partial charge in [-0.05, 0) is 74.9 Å². The number of hydrogen-bond acceptors (Lipinski definition) is 3. The number of aromatic amines is 1. The number of nitrogens with one attached hydrogen (secondary N) is 2. The van der Waals surface area contributed by atoms with E-state index in [0.29, 0.717) is 0 Å². The van der Waals surface area contributed by atoms with Crippen LogP contribution in [0.15, 0.2) is 41.3 Å². The minimum atomic E-state index is 0.118. The predicted octanol–water partition coefficient (Wildman–Crippen LogP) is 5.52. The van der Waals surface area contributed by atoms with Gasteiger partial charge in [-0.25, -0.2) is 0 Å². The van der Waals surface area contributed by atoms with Gasteiger partial charge in [-0.2, -0.15) is 0 Å². The van der Waals surface area contributed by atoms with Gasteiger partial charge in [-0.15, -0.1) is 0 Å². The Balaban J connectivity index is 1.36. The predicted molar refractivity (Wildman–Crippen MR) is 128 cm³/mol. The Kier molecular flexibility index (Phi) is 6.79. The third-order valence-corrected chi connectivity index (χ3v) is 8.01. The van der Waals surface area contributed by atoms with Crippen LogP contribution in [0.2, 0.25) is 0 Å². The fraction of sp³-hybridized carbons (Fsp3) is 0.560. The number of aromatic nitrogens is 2. The van der Waals surface area contributed by atoms with Crippen LogP contribution in [0.3, 0.4) is 0 Å². The summed E-state index contributed by atoms with van der Waals surface area (Å²) in [4.78, 5) is 15.5. The van der Waals surface area contributed by atoms with Crippen molar-refractivity contribution in [3.8, 4) is 0 Å². The summed E-state index contributed by atoms with van der Waals surface area (Å²) in [5.41, 5.74) is 3.88. The van der Waals surface area contributed by atoms with Crippen LogP contribution in [0, 0.1) is 0 Å². The molecule has 0 spiro atoms. The van der Waals surface area contributed by atoms with Crippen molar-refractivity contribution in [2.45, 2.75) is 76.2 Å². The van der Waals surface area contributed by atoms with E-state index in [-0.39, 0.29) is 10.3 Å². The highest BCUT2D eigenvalue weighted by Gasteiger charge is 2.27. The van der Waals surface area contributed by atoms with E-state index in [1.54, 1.807) is 4.57 Å². The lowest BCUT2D eigenvalue weighted by atomic mass is 9.78. The quantitative estimate of drug-likeness (QED) is 0.474. The van der Waals surface area contributed by atoms with E-state index in [2.05, 4.69) is 47.6 Å². The number of benzene rings is 1. The summed E-state index contributed by atoms with van der Waals surface area (Å²) in [6.07, 6.45) is 13.4. The Bertz CT molecular complexity index is 997.